The average Bonchev–Trinajstić information content (AvgIpc) is 3.26. The van der Waals surface area contributed by atoms with E-state index in [9.17, 15) is 19.5 Å². The Balaban J connectivity index is 1.28. The molecule has 0 spiro atoms. The van der Waals surface area contributed by atoms with E-state index < -0.39 is 12.1 Å². The summed E-state index contributed by atoms with van der Waals surface area (Å²) in [6.45, 7) is 6.97. The number of carbonyl (C=O) groups is 3. The van der Waals surface area contributed by atoms with Crippen LogP contribution in [0.4, 0.5) is 4.79 Å². The number of amides is 2. The maximum absolute atomic E-state index is 13.1. The van der Waals surface area contributed by atoms with Crippen molar-refractivity contribution >= 4 is 18.0 Å². The summed E-state index contributed by atoms with van der Waals surface area (Å²) in [5.41, 5.74) is 5.50. The van der Waals surface area contributed by atoms with Gasteiger partial charge in [0, 0.05) is 25.4 Å². The Morgan fingerprint density at radius 2 is 1.46 bits per heavy atom. The van der Waals surface area contributed by atoms with E-state index >= 15 is 0 Å². The molecule has 0 bridgehead atoms. The first-order valence-electron chi connectivity index (χ1n) is 14.3. The molecule has 0 aromatic heterocycles. The average molecular weight is 557 g/mol. The molecular formula is C34H40N2O5. The number of aliphatic carboxylic acids is 1. The molecule has 1 atom stereocenters. The minimum atomic E-state index is -1.03. The molecule has 41 heavy (non-hydrogen) atoms. The number of nitrogens with zero attached hydrogens (tertiary/aromatic N) is 1. The van der Waals surface area contributed by atoms with E-state index in [2.05, 4.69) is 50.4 Å². The molecule has 3 aromatic carbocycles. The third-order valence-electron chi connectivity index (χ3n) is 7.93. The number of carboxylic acid groups (broad SMARTS) is 1. The van der Waals surface area contributed by atoms with Crippen molar-refractivity contribution in [3.05, 3.63) is 95.6 Å². The second-order valence-corrected chi connectivity index (χ2v) is 11.8. The zero-order valence-electron chi connectivity index (χ0n) is 24.1. The summed E-state index contributed by atoms with van der Waals surface area (Å²) >= 11 is 0. The quantitative estimate of drug-likeness (QED) is 0.267. The maximum atomic E-state index is 13.1. The molecule has 3 aromatic rings. The highest BCUT2D eigenvalue weighted by Gasteiger charge is 2.30. The van der Waals surface area contributed by atoms with Gasteiger partial charge in [-0.3, -0.25) is 9.59 Å². The standard InChI is InChI=1S/C34H40N2O5/c1-34(2,3)25(17-18-31(37)36(22-32(38)39)21-24-11-5-4-6-12-24)19-20-35-33(40)41-23-30-28-15-9-7-13-26(28)27-14-8-10-16-29(27)30/h4-16,25,30H,17-23H2,1-3H3,(H,35,40)(H,38,39). The Labute approximate surface area is 242 Å². The van der Waals surface area contributed by atoms with Crippen LogP contribution in [0.5, 0.6) is 0 Å². The van der Waals surface area contributed by atoms with Crippen molar-refractivity contribution in [1.29, 1.82) is 0 Å². The van der Waals surface area contributed by atoms with Crippen LogP contribution >= 0.6 is 0 Å². The predicted octanol–water partition coefficient (Wildman–Crippen LogP) is 6.47. The number of alkyl carbamates (subject to hydrolysis) is 1. The Hall–Kier alpha value is -4.13. The number of rotatable bonds is 12. The molecule has 0 aliphatic heterocycles. The normalized spacial score (nSPS) is 13.1. The lowest BCUT2D eigenvalue weighted by molar-refractivity contribution is -0.145. The molecule has 7 nitrogen and oxygen atoms in total. The van der Waals surface area contributed by atoms with Crippen molar-refractivity contribution < 1.29 is 24.2 Å². The van der Waals surface area contributed by atoms with E-state index in [1.54, 1.807) is 0 Å². The minimum Gasteiger partial charge on any atom is -0.480 e. The van der Waals surface area contributed by atoms with E-state index in [0.717, 1.165) is 5.56 Å². The molecule has 2 amide bonds. The molecule has 7 heteroatoms. The number of nitrogens with one attached hydrogen (secondary N) is 1. The number of hydrogen-bond acceptors (Lipinski definition) is 4. The van der Waals surface area contributed by atoms with Crippen molar-refractivity contribution in [2.75, 3.05) is 19.7 Å². The van der Waals surface area contributed by atoms with Crippen LogP contribution in [0.2, 0.25) is 0 Å². The molecule has 0 heterocycles. The Morgan fingerprint density at radius 3 is 2.05 bits per heavy atom. The fourth-order valence-electron chi connectivity index (χ4n) is 5.66. The van der Waals surface area contributed by atoms with Gasteiger partial charge in [-0.05, 0) is 52.0 Å². The highest BCUT2D eigenvalue weighted by molar-refractivity contribution is 5.81. The Morgan fingerprint density at radius 1 is 0.878 bits per heavy atom. The summed E-state index contributed by atoms with van der Waals surface area (Å²) < 4.78 is 5.66. The van der Waals surface area contributed by atoms with Crippen molar-refractivity contribution in [1.82, 2.24) is 10.2 Å². The zero-order chi connectivity index (χ0) is 29.4. The first-order valence-corrected chi connectivity index (χ1v) is 14.3. The monoisotopic (exact) mass is 556 g/mol. The van der Waals surface area contributed by atoms with Crippen LogP contribution in [0, 0.1) is 11.3 Å². The van der Waals surface area contributed by atoms with Crippen LogP contribution in [0.1, 0.15) is 62.6 Å². The van der Waals surface area contributed by atoms with Crippen molar-refractivity contribution in [2.45, 2.75) is 52.5 Å². The van der Waals surface area contributed by atoms with Crippen LogP contribution in [-0.4, -0.2) is 47.7 Å². The molecule has 4 rings (SSSR count). The molecule has 1 aliphatic carbocycles. The lowest BCUT2D eigenvalue weighted by Gasteiger charge is -2.31. The summed E-state index contributed by atoms with van der Waals surface area (Å²) in [5.74, 6) is -1.07. The lowest BCUT2D eigenvalue weighted by atomic mass is 9.76. The van der Waals surface area contributed by atoms with Gasteiger partial charge in [-0.25, -0.2) is 4.79 Å². The first-order chi connectivity index (χ1) is 19.6. The summed E-state index contributed by atoms with van der Waals surface area (Å²) in [6.07, 6.45) is 1.07. The van der Waals surface area contributed by atoms with Crippen molar-refractivity contribution in [2.24, 2.45) is 11.3 Å². The molecule has 0 saturated heterocycles. The van der Waals surface area contributed by atoms with Crippen molar-refractivity contribution in [3.8, 4) is 11.1 Å². The van der Waals surface area contributed by atoms with Crippen molar-refractivity contribution in [3.63, 3.8) is 0 Å². The topological polar surface area (TPSA) is 95.9 Å². The van der Waals surface area contributed by atoms with E-state index in [-0.39, 0.29) is 49.3 Å². The first kappa shape index (κ1) is 29.8. The second-order valence-electron chi connectivity index (χ2n) is 11.8. The van der Waals surface area contributed by atoms with Gasteiger partial charge < -0.3 is 20.1 Å². The molecule has 0 radical (unpaired) electrons. The highest BCUT2D eigenvalue weighted by Crippen LogP contribution is 2.44. The fraction of sp³-hybridized carbons (Fsp3) is 0.382. The minimum absolute atomic E-state index is 0.00567. The second kappa shape index (κ2) is 13.5. The number of hydrogen-bond donors (Lipinski definition) is 2. The van der Waals surface area contributed by atoms with Gasteiger partial charge in [0.1, 0.15) is 13.2 Å². The van der Waals surface area contributed by atoms with E-state index in [4.69, 9.17) is 4.74 Å². The third-order valence-corrected chi connectivity index (χ3v) is 7.93. The van der Waals surface area contributed by atoms with Crippen LogP contribution < -0.4 is 5.32 Å². The lowest BCUT2D eigenvalue weighted by Crippen LogP contribution is -2.36. The Bertz CT molecular complexity index is 1300. The third kappa shape index (κ3) is 7.97. The summed E-state index contributed by atoms with van der Waals surface area (Å²) in [4.78, 5) is 38.5. The van der Waals surface area contributed by atoms with Crippen LogP contribution in [-0.2, 0) is 20.9 Å². The van der Waals surface area contributed by atoms with E-state index in [1.165, 1.54) is 27.2 Å². The van der Waals surface area contributed by atoms with Gasteiger partial charge in [-0.15, -0.1) is 0 Å². The number of fused-ring (bicyclic) bond motifs is 3. The number of ether oxygens (including phenoxy) is 1. The predicted molar refractivity (Wildman–Crippen MR) is 159 cm³/mol. The zero-order valence-corrected chi connectivity index (χ0v) is 24.1. The molecule has 1 unspecified atom stereocenters. The number of carbonyl (C=O) groups excluding carboxylic acids is 2. The van der Waals surface area contributed by atoms with E-state index in [0.29, 0.717) is 19.4 Å². The van der Waals surface area contributed by atoms with E-state index in [1.807, 2.05) is 54.6 Å². The fourth-order valence-corrected chi connectivity index (χ4v) is 5.66. The van der Waals surface area contributed by atoms with Crippen LogP contribution in [0.3, 0.4) is 0 Å². The molecule has 0 fully saturated rings. The Kier molecular flexibility index (Phi) is 9.82. The van der Waals surface area contributed by atoms with Crippen LogP contribution in [0.25, 0.3) is 11.1 Å². The summed E-state index contributed by atoms with van der Waals surface area (Å²) in [7, 11) is 0. The van der Waals surface area contributed by atoms with Gasteiger partial charge in [0.05, 0.1) is 0 Å². The van der Waals surface area contributed by atoms with Gasteiger partial charge in [-0.1, -0.05) is 99.6 Å². The van der Waals surface area contributed by atoms with Gasteiger partial charge in [0.2, 0.25) is 5.91 Å². The summed E-state index contributed by atoms with van der Waals surface area (Å²) in [6, 6.07) is 25.9. The molecular weight excluding hydrogens is 516 g/mol. The summed E-state index contributed by atoms with van der Waals surface area (Å²) in [5, 5.41) is 12.2. The molecule has 1 aliphatic rings. The molecule has 216 valence electrons. The number of carboxylic acids is 1. The SMILES string of the molecule is CC(C)(C)C(CCNC(=O)OCC1c2ccccc2-c2ccccc21)CCC(=O)N(CC(=O)O)Cc1ccccc1. The smallest absolute Gasteiger partial charge is 0.407 e. The van der Waals surface area contributed by atoms with Crippen LogP contribution in [0.15, 0.2) is 78.9 Å². The van der Waals surface area contributed by atoms with Gasteiger partial charge in [-0.2, -0.15) is 0 Å². The molecule has 0 saturated carbocycles. The largest absolute Gasteiger partial charge is 0.480 e. The number of benzene rings is 3. The molecule has 2 N–H and O–H groups in total. The van der Waals surface area contributed by atoms with Gasteiger partial charge in [0.15, 0.2) is 0 Å². The van der Waals surface area contributed by atoms with Gasteiger partial charge >= 0.3 is 12.1 Å². The van der Waals surface area contributed by atoms with Gasteiger partial charge in [0.25, 0.3) is 0 Å². The maximum Gasteiger partial charge on any atom is 0.407 e. The highest BCUT2D eigenvalue weighted by atomic mass is 16.5.